The summed E-state index contributed by atoms with van der Waals surface area (Å²) >= 11 is -2.47. The fraction of sp³-hybridized carbons (Fsp3) is 1.00. The second-order valence-electron chi connectivity index (χ2n) is 15.3. The zero-order chi connectivity index (χ0) is 31.0. The third-order valence-electron chi connectivity index (χ3n) is 12.3. The maximum absolute atomic E-state index is 7.81. The summed E-state index contributed by atoms with van der Waals surface area (Å²) in [6.45, 7) is 14.2. The van der Waals surface area contributed by atoms with Crippen LogP contribution in [0.5, 0.6) is 0 Å². The largest absolute Gasteiger partial charge is 0.906 e. The average molecular weight is 619 g/mol. The van der Waals surface area contributed by atoms with Gasteiger partial charge in [0.05, 0.1) is 0 Å². The van der Waals surface area contributed by atoms with E-state index in [9.17, 15) is 0 Å². The minimum absolute atomic E-state index is 0.0388. The molecule has 0 spiro atoms. The van der Waals surface area contributed by atoms with E-state index in [0.717, 1.165) is 0 Å². The second-order valence-corrected chi connectivity index (χ2v) is 16.6. The van der Waals surface area contributed by atoms with Crippen molar-refractivity contribution in [2.24, 2.45) is 17.8 Å². The molecule has 3 rings (SSSR count). The van der Waals surface area contributed by atoms with Gasteiger partial charge in [-0.3, -0.25) is 0 Å². The van der Waals surface area contributed by atoms with Crippen molar-refractivity contribution in [3.8, 4) is 0 Å². The first-order valence-electron chi connectivity index (χ1n) is 20.0. The van der Waals surface area contributed by atoms with Crippen LogP contribution in [-0.2, 0) is 11.4 Å². The molecule has 43 heavy (non-hydrogen) atoms. The number of hydrogen-bond acceptors (Lipinski definition) is 3. The van der Waals surface area contributed by atoms with E-state index in [1.165, 1.54) is 173 Å². The zero-order valence-corrected chi connectivity index (χ0v) is 31.3. The third kappa shape index (κ3) is 10.5. The van der Waals surface area contributed by atoms with Crippen LogP contribution >= 0.6 is 0 Å². The molecule has 0 saturated heterocycles. The summed E-state index contributed by atoms with van der Waals surface area (Å²) in [6.07, 6.45) is 34.4. The summed E-state index contributed by atoms with van der Waals surface area (Å²) in [7, 11) is 0. The van der Waals surface area contributed by atoms with Crippen LogP contribution in [0.25, 0.3) is 0 Å². The van der Waals surface area contributed by atoms with Gasteiger partial charge in [-0.2, -0.15) is 0 Å². The van der Waals surface area contributed by atoms with Gasteiger partial charge in [-0.05, 0) is 94.8 Å². The minimum Gasteiger partial charge on any atom is -0.449 e. The first-order valence-corrected chi connectivity index (χ1v) is 21.4. The van der Waals surface area contributed by atoms with Crippen molar-refractivity contribution in [2.75, 3.05) is 0 Å². The number of hydrogen-bond donors (Lipinski definition) is 0. The molecule has 0 atom stereocenters. The quantitative estimate of drug-likeness (QED) is 0.0857. The molecule has 3 fully saturated rings. The number of rotatable bonds is 27. The summed E-state index contributed by atoms with van der Waals surface area (Å²) in [5, 5.41) is 0. The van der Waals surface area contributed by atoms with E-state index in [-0.39, 0.29) is 16.8 Å². The molecule has 4 heteroatoms. The van der Waals surface area contributed by atoms with Gasteiger partial charge in [0.2, 0.25) is 0 Å². The standard InChI is InChI=1S/3C13H25O.Al/c3*1-3-5-10-13(14,11-6-4-2)12-8-7-9-12;/h3*12H,3-11H2,1-2H3;/q3*-1;+3. The first kappa shape index (κ1) is 37.9. The van der Waals surface area contributed by atoms with E-state index in [2.05, 4.69) is 41.5 Å². The minimum atomic E-state index is -2.47. The average Bonchev–Trinajstić information content (AvgIpc) is 2.91. The summed E-state index contributed by atoms with van der Waals surface area (Å²) in [4.78, 5) is 0. The molecule has 3 aliphatic carbocycles. The van der Waals surface area contributed by atoms with Crippen molar-refractivity contribution in [2.45, 2.75) is 232 Å². The molecule has 0 aromatic heterocycles. The molecule has 3 nitrogen and oxygen atoms in total. The topological polar surface area (TPSA) is 27.7 Å². The normalized spacial score (nSPS) is 18.8. The summed E-state index contributed by atoms with van der Waals surface area (Å²) < 4.78 is 23.4. The molecular formula is C39H75AlO3. The first-order chi connectivity index (χ1) is 21.0. The van der Waals surface area contributed by atoms with Gasteiger partial charge in [-0.15, -0.1) is 0 Å². The molecule has 3 aliphatic rings. The van der Waals surface area contributed by atoms with E-state index >= 15 is 0 Å². The Kier molecular flexibility index (Phi) is 17.6. The Labute approximate surface area is 275 Å². The molecule has 0 amide bonds. The van der Waals surface area contributed by atoms with Crippen LogP contribution in [0.4, 0.5) is 0 Å². The van der Waals surface area contributed by atoms with Crippen LogP contribution in [0.2, 0.25) is 0 Å². The SMILES string of the molecule is CCCCC(CCCC)([O][Al]([O]C(CCCC)(CCCC)C1CCC1)[O]C(CCCC)(CCCC)C1CCC1)C1CCC1. The molecule has 0 radical (unpaired) electrons. The van der Waals surface area contributed by atoms with E-state index in [1.807, 2.05) is 0 Å². The Hall–Kier alpha value is 0.412. The molecule has 252 valence electrons. The van der Waals surface area contributed by atoms with Crippen LogP contribution in [0.1, 0.15) is 215 Å². The summed E-state index contributed by atoms with van der Waals surface area (Å²) in [5.41, 5.74) is -0.116. The van der Waals surface area contributed by atoms with Gasteiger partial charge in [-0.1, -0.05) is 138 Å². The second kappa shape index (κ2) is 19.9. The van der Waals surface area contributed by atoms with Gasteiger partial charge in [0.1, 0.15) is 0 Å². The Morgan fingerprint density at radius 1 is 0.395 bits per heavy atom. The maximum Gasteiger partial charge on any atom is 0.906 e. The highest BCUT2D eigenvalue weighted by atomic mass is 27.3. The molecule has 3 saturated carbocycles. The highest BCUT2D eigenvalue weighted by Gasteiger charge is 2.57. The van der Waals surface area contributed by atoms with E-state index in [0.29, 0.717) is 17.8 Å². The van der Waals surface area contributed by atoms with E-state index in [4.69, 9.17) is 11.4 Å². The Balaban J connectivity index is 2.06. The van der Waals surface area contributed by atoms with Crippen LogP contribution in [-0.4, -0.2) is 32.0 Å². The van der Waals surface area contributed by atoms with Gasteiger partial charge < -0.3 is 11.4 Å². The molecule has 0 aromatic rings. The van der Waals surface area contributed by atoms with Gasteiger partial charge in [0, 0.05) is 16.8 Å². The van der Waals surface area contributed by atoms with Crippen molar-refractivity contribution in [1.82, 2.24) is 0 Å². The summed E-state index contributed by atoms with van der Waals surface area (Å²) in [5.74, 6) is 2.09. The lowest BCUT2D eigenvalue weighted by Gasteiger charge is -2.53. The van der Waals surface area contributed by atoms with Gasteiger partial charge in [-0.25, -0.2) is 0 Å². The van der Waals surface area contributed by atoms with Crippen molar-refractivity contribution in [3.63, 3.8) is 0 Å². The summed E-state index contributed by atoms with van der Waals surface area (Å²) in [6, 6.07) is 0. The van der Waals surface area contributed by atoms with Gasteiger partial charge in [0.25, 0.3) is 0 Å². The predicted molar refractivity (Wildman–Crippen MR) is 186 cm³/mol. The van der Waals surface area contributed by atoms with Crippen molar-refractivity contribution < 1.29 is 11.4 Å². The third-order valence-corrected chi connectivity index (χ3v) is 14.2. The predicted octanol–water partition coefficient (Wildman–Crippen LogP) is 12.8. The van der Waals surface area contributed by atoms with Crippen LogP contribution in [0.15, 0.2) is 0 Å². The van der Waals surface area contributed by atoms with E-state index in [1.54, 1.807) is 0 Å². The Morgan fingerprint density at radius 3 is 0.744 bits per heavy atom. The lowest BCUT2D eigenvalue weighted by molar-refractivity contribution is -0.162. The van der Waals surface area contributed by atoms with Gasteiger partial charge >= 0.3 is 15.1 Å². The molecule has 0 aromatic carbocycles. The van der Waals surface area contributed by atoms with Crippen LogP contribution < -0.4 is 0 Å². The number of unbranched alkanes of at least 4 members (excludes halogenated alkanes) is 6. The smallest absolute Gasteiger partial charge is 0.449 e. The Bertz CT molecular complexity index is 594. The lowest BCUT2D eigenvalue weighted by Crippen LogP contribution is -2.58. The molecule has 0 heterocycles. The molecule has 0 unspecified atom stereocenters. The van der Waals surface area contributed by atoms with Crippen molar-refractivity contribution in [1.29, 1.82) is 0 Å². The monoisotopic (exact) mass is 619 g/mol. The van der Waals surface area contributed by atoms with E-state index < -0.39 is 15.1 Å². The molecule has 0 N–H and O–H groups in total. The Morgan fingerprint density at radius 2 is 0.605 bits per heavy atom. The highest BCUT2D eigenvalue weighted by Crippen LogP contribution is 2.51. The molecule has 0 aliphatic heterocycles. The van der Waals surface area contributed by atoms with Crippen LogP contribution in [0.3, 0.4) is 0 Å². The maximum atomic E-state index is 7.81. The molecule has 0 bridgehead atoms. The van der Waals surface area contributed by atoms with Crippen molar-refractivity contribution >= 4 is 15.1 Å². The van der Waals surface area contributed by atoms with Gasteiger partial charge in [0.15, 0.2) is 0 Å². The van der Waals surface area contributed by atoms with Crippen LogP contribution in [0, 0.1) is 17.8 Å². The lowest BCUT2D eigenvalue weighted by atomic mass is 9.68. The zero-order valence-electron chi connectivity index (χ0n) is 30.1. The molecular weight excluding hydrogens is 543 g/mol. The fourth-order valence-corrected chi connectivity index (χ4v) is 11.1. The highest BCUT2D eigenvalue weighted by molar-refractivity contribution is 6.37. The fourth-order valence-electron chi connectivity index (χ4n) is 8.55. The van der Waals surface area contributed by atoms with Crippen molar-refractivity contribution in [3.05, 3.63) is 0 Å².